The molecule has 7 heteroatoms. The predicted octanol–water partition coefficient (Wildman–Crippen LogP) is 1.44. The Morgan fingerprint density at radius 2 is 1.78 bits per heavy atom. The summed E-state index contributed by atoms with van der Waals surface area (Å²) in [7, 11) is -0.660. The number of hydrogen-bond donors (Lipinski definition) is 1. The highest BCUT2D eigenvalue weighted by Gasteiger charge is 2.53. The van der Waals surface area contributed by atoms with Gasteiger partial charge in [-0.15, -0.1) is 0 Å². The van der Waals surface area contributed by atoms with Crippen LogP contribution in [-0.4, -0.2) is 24.2 Å². The third-order valence-electron chi connectivity index (χ3n) is 3.46. The Bertz CT molecular complexity index is 481. The largest absolute Gasteiger partial charge is 0.499 e. The molecule has 18 heavy (non-hydrogen) atoms. The molecule has 98 valence electrons. The van der Waals surface area contributed by atoms with Crippen molar-refractivity contribution in [3.05, 3.63) is 16.5 Å². The molecule has 0 bridgehead atoms. The van der Waals surface area contributed by atoms with Crippen molar-refractivity contribution in [2.75, 3.05) is 0 Å². The van der Waals surface area contributed by atoms with E-state index in [0.717, 1.165) is 0 Å². The fourth-order valence-corrected chi connectivity index (χ4v) is 2.12. The number of halogens is 1. The summed E-state index contributed by atoms with van der Waals surface area (Å²) in [4.78, 5) is 11.3. The molecule has 0 spiro atoms. The van der Waals surface area contributed by atoms with Crippen LogP contribution in [0.2, 0.25) is 0 Å². The second-order valence-electron chi connectivity index (χ2n) is 5.29. The minimum absolute atomic E-state index is 0.0559. The number of carbonyl (C=O) groups is 1. The molecule has 1 amide bonds. The van der Waals surface area contributed by atoms with E-state index in [1.165, 1.54) is 0 Å². The van der Waals surface area contributed by atoms with Crippen molar-refractivity contribution in [3.8, 4) is 0 Å². The minimum Gasteiger partial charge on any atom is -0.445 e. The average Bonchev–Trinajstić information content (AvgIpc) is 2.66. The first-order valence-electron chi connectivity index (χ1n) is 5.59. The molecule has 1 aliphatic rings. The summed E-state index contributed by atoms with van der Waals surface area (Å²) in [6.07, 6.45) is 0. The fourth-order valence-electron chi connectivity index (χ4n) is 1.71. The third-order valence-corrected chi connectivity index (χ3v) is 3.85. The Morgan fingerprint density at radius 3 is 2.22 bits per heavy atom. The maximum absolute atomic E-state index is 11.3. The summed E-state index contributed by atoms with van der Waals surface area (Å²) in [5.74, 6) is -0.592. The summed E-state index contributed by atoms with van der Waals surface area (Å²) in [6.45, 7) is 7.75. The maximum Gasteiger partial charge on any atom is 0.499 e. The van der Waals surface area contributed by atoms with Gasteiger partial charge in [0.25, 0.3) is 5.91 Å². The maximum atomic E-state index is 11.3. The highest BCUT2D eigenvalue weighted by atomic mass is 79.9. The van der Waals surface area contributed by atoms with Gasteiger partial charge >= 0.3 is 7.12 Å². The third kappa shape index (κ3) is 2.11. The zero-order chi connectivity index (χ0) is 13.7. The fraction of sp³-hybridized carbons (Fsp3) is 0.545. The molecule has 2 N–H and O–H groups in total. The van der Waals surface area contributed by atoms with E-state index in [9.17, 15) is 4.79 Å². The smallest absolute Gasteiger partial charge is 0.445 e. The lowest BCUT2D eigenvalue weighted by Crippen LogP contribution is -2.41. The second kappa shape index (κ2) is 4.11. The number of primary amides is 1. The molecular formula is C11H15BBrNO4. The van der Waals surface area contributed by atoms with Crippen LogP contribution in [0.5, 0.6) is 0 Å². The Morgan fingerprint density at radius 1 is 1.28 bits per heavy atom. The molecular weight excluding hydrogens is 301 g/mol. The van der Waals surface area contributed by atoms with Gasteiger partial charge in [-0.25, -0.2) is 0 Å². The second-order valence-corrected chi connectivity index (χ2v) is 6.07. The van der Waals surface area contributed by atoms with Gasteiger partial charge in [-0.1, -0.05) is 0 Å². The van der Waals surface area contributed by atoms with E-state index >= 15 is 0 Å². The zero-order valence-corrected chi connectivity index (χ0v) is 12.3. The molecule has 1 fully saturated rings. The number of nitrogens with two attached hydrogens (primary N) is 1. The lowest BCUT2D eigenvalue weighted by atomic mass is 9.79. The monoisotopic (exact) mass is 315 g/mol. The van der Waals surface area contributed by atoms with Gasteiger partial charge in [0, 0.05) is 5.46 Å². The first-order chi connectivity index (χ1) is 8.14. The predicted molar refractivity (Wildman–Crippen MR) is 70.6 cm³/mol. The molecule has 0 unspecified atom stereocenters. The molecule has 2 heterocycles. The van der Waals surface area contributed by atoms with Gasteiger partial charge < -0.3 is 19.5 Å². The topological polar surface area (TPSA) is 74.7 Å². The Hall–Kier alpha value is -0.785. The highest BCUT2D eigenvalue weighted by molar-refractivity contribution is 9.10. The number of rotatable bonds is 2. The Kier molecular flexibility index (Phi) is 3.12. The van der Waals surface area contributed by atoms with Crippen LogP contribution >= 0.6 is 15.9 Å². The van der Waals surface area contributed by atoms with E-state index in [0.29, 0.717) is 10.1 Å². The van der Waals surface area contributed by atoms with E-state index in [1.807, 2.05) is 27.7 Å². The van der Waals surface area contributed by atoms with Crippen molar-refractivity contribution in [2.45, 2.75) is 38.9 Å². The van der Waals surface area contributed by atoms with E-state index < -0.39 is 24.2 Å². The average molecular weight is 316 g/mol. The molecule has 1 saturated heterocycles. The van der Waals surface area contributed by atoms with Gasteiger partial charge in [-0.05, 0) is 49.7 Å². The van der Waals surface area contributed by atoms with Crippen molar-refractivity contribution in [2.24, 2.45) is 5.73 Å². The summed E-state index contributed by atoms with van der Waals surface area (Å²) in [5, 5.41) is 0. The van der Waals surface area contributed by atoms with Crippen LogP contribution in [0.3, 0.4) is 0 Å². The van der Waals surface area contributed by atoms with Crippen molar-refractivity contribution in [3.63, 3.8) is 0 Å². The van der Waals surface area contributed by atoms with Gasteiger partial charge in [0.15, 0.2) is 10.4 Å². The van der Waals surface area contributed by atoms with Gasteiger partial charge in [0.2, 0.25) is 0 Å². The summed E-state index contributed by atoms with van der Waals surface area (Å²) in [5.41, 5.74) is 4.82. The number of furan rings is 1. The van der Waals surface area contributed by atoms with Gasteiger partial charge in [0.05, 0.1) is 11.2 Å². The molecule has 0 saturated carbocycles. The number of carbonyl (C=O) groups excluding carboxylic acids is 1. The Labute approximate surface area is 114 Å². The van der Waals surface area contributed by atoms with E-state index in [4.69, 9.17) is 19.5 Å². The lowest BCUT2D eigenvalue weighted by Gasteiger charge is -2.32. The molecule has 1 aromatic rings. The van der Waals surface area contributed by atoms with Crippen LogP contribution in [-0.2, 0) is 9.31 Å². The summed E-state index contributed by atoms with van der Waals surface area (Å²) in [6, 6.07) is 1.64. The molecule has 1 aliphatic heterocycles. The van der Waals surface area contributed by atoms with Crippen molar-refractivity contribution in [1.82, 2.24) is 0 Å². The van der Waals surface area contributed by atoms with E-state index in [-0.39, 0.29) is 5.76 Å². The molecule has 0 radical (unpaired) electrons. The summed E-state index contributed by atoms with van der Waals surface area (Å²) >= 11 is 3.17. The molecule has 0 aromatic carbocycles. The normalized spacial score (nSPS) is 21.3. The van der Waals surface area contributed by atoms with E-state index in [1.54, 1.807) is 6.07 Å². The van der Waals surface area contributed by atoms with Crippen LogP contribution in [0.15, 0.2) is 15.2 Å². The first-order valence-corrected chi connectivity index (χ1v) is 6.38. The summed E-state index contributed by atoms with van der Waals surface area (Å²) < 4.78 is 17.3. The molecule has 0 aliphatic carbocycles. The van der Waals surface area contributed by atoms with Crippen molar-refractivity contribution in [1.29, 1.82) is 0 Å². The molecule has 1 aromatic heterocycles. The quantitative estimate of drug-likeness (QED) is 0.838. The number of amides is 1. The van der Waals surface area contributed by atoms with Gasteiger partial charge in [0.1, 0.15) is 0 Å². The van der Waals surface area contributed by atoms with Crippen molar-refractivity contribution >= 4 is 34.4 Å². The van der Waals surface area contributed by atoms with Gasteiger partial charge in [-0.2, -0.15) is 0 Å². The molecule has 2 rings (SSSR count). The number of hydrogen-bond acceptors (Lipinski definition) is 4. The van der Waals surface area contributed by atoms with Gasteiger partial charge in [-0.3, -0.25) is 4.79 Å². The molecule has 0 atom stereocenters. The molecule has 5 nitrogen and oxygen atoms in total. The first kappa shape index (κ1) is 13.6. The van der Waals surface area contributed by atoms with Crippen LogP contribution in [0.4, 0.5) is 0 Å². The standard InChI is InChI=1S/C11H15BBrNO4/c1-10(2)11(3,4)18-12(17-10)6-5-7(13)16-8(6)9(14)15/h5H,1-4H3,(H2,14,15). The lowest BCUT2D eigenvalue weighted by molar-refractivity contribution is 0.00578. The van der Waals surface area contributed by atoms with E-state index in [2.05, 4.69) is 15.9 Å². The van der Waals surface area contributed by atoms with Crippen molar-refractivity contribution < 1.29 is 18.5 Å². The zero-order valence-electron chi connectivity index (χ0n) is 10.7. The van der Waals surface area contributed by atoms with Crippen LogP contribution in [0, 0.1) is 0 Å². The van der Waals surface area contributed by atoms with Crippen LogP contribution in [0.25, 0.3) is 0 Å². The Balaban J connectivity index is 2.38. The SMILES string of the molecule is CC1(C)OB(c2cc(Br)oc2C(N)=O)OC1(C)C. The minimum atomic E-state index is -0.660. The highest BCUT2D eigenvalue weighted by Crippen LogP contribution is 2.37. The van der Waals surface area contributed by atoms with Crippen LogP contribution in [0.1, 0.15) is 38.2 Å². The van der Waals surface area contributed by atoms with Crippen LogP contribution < -0.4 is 11.2 Å².